The molecule has 0 amide bonds. The molecular formula is C14H16O5. The number of rotatable bonds is 4. The third-order valence-corrected chi connectivity index (χ3v) is 3.22. The Morgan fingerprint density at radius 3 is 2.79 bits per heavy atom. The Hall–Kier alpha value is -1.72. The number of fused-ring (bicyclic) bond motifs is 1. The maximum Gasteiger partial charge on any atom is 0.338 e. The quantitative estimate of drug-likeness (QED) is 0.785. The number of hydrogen-bond donors (Lipinski definition) is 2. The molecule has 0 saturated heterocycles. The molecule has 2 unspecified atom stereocenters. The number of carbonyl (C=O) groups is 2. The molecule has 0 fully saturated rings. The van der Waals surface area contributed by atoms with Crippen LogP contribution in [-0.2, 0) is 16.0 Å². The molecule has 2 atom stereocenters. The number of ether oxygens (including phenoxy) is 1. The summed E-state index contributed by atoms with van der Waals surface area (Å²) in [4.78, 5) is 22.8. The first-order valence-corrected chi connectivity index (χ1v) is 6.23. The molecule has 5 nitrogen and oxygen atoms in total. The summed E-state index contributed by atoms with van der Waals surface area (Å²) in [5, 5.41) is 19.6. The molecule has 0 aliphatic heterocycles. The second kappa shape index (κ2) is 5.50. The van der Waals surface area contributed by atoms with Crippen molar-refractivity contribution in [2.45, 2.75) is 32.0 Å². The predicted octanol–water partition coefficient (Wildman–Crippen LogP) is 0.773. The highest BCUT2D eigenvalue weighted by atomic mass is 16.5. The van der Waals surface area contributed by atoms with E-state index in [9.17, 15) is 19.8 Å². The predicted molar refractivity (Wildman–Crippen MR) is 66.7 cm³/mol. The third kappa shape index (κ3) is 2.67. The first-order chi connectivity index (χ1) is 9.04. The van der Waals surface area contributed by atoms with Crippen molar-refractivity contribution < 1.29 is 24.5 Å². The molecule has 0 heterocycles. The van der Waals surface area contributed by atoms with E-state index >= 15 is 0 Å². The SMILES string of the molecule is CCOC(=O)C(O)C(O)c1ccc2c(c1)CCC2=O. The Morgan fingerprint density at radius 1 is 1.37 bits per heavy atom. The molecule has 0 spiro atoms. The van der Waals surface area contributed by atoms with Crippen molar-refractivity contribution in [3.05, 3.63) is 34.9 Å². The molecule has 102 valence electrons. The van der Waals surface area contributed by atoms with Crippen molar-refractivity contribution in [3.63, 3.8) is 0 Å². The third-order valence-electron chi connectivity index (χ3n) is 3.22. The summed E-state index contributed by atoms with van der Waals surface area (Å²) in [6.07, 6.45) is -1.87. The molecule has 0 bridgehead atoms. The van der Waals surface area contributed by atoms with E-state index < -0.39 is 18.2 Å². The van der Waals surface area contributed by atoms with Crippen LogP contribution in [0.5, 0.6) is 0 Å². The zero-order chi connectivity index (χ0) is 14.0. The Kier molecular flexibility index (Phi) is 3.97. The maximum absolute atomic E-state index is 11.5. The normalized spacial score (nSPS) is 16.9. The van der Waals surface area contributed by atoms with Gasteiger partial charge in [-0.2, -0.15) is 0 Å². The summed E-state index contributed by atoms with van der Waals surface area (Å²) < 4.78 is 4.65. The molecule has 1 aromatic rings. The molecule has 1 aromatic carbocycles. The lowest BCUT2D eigenvalue weighted by Crippen LogP contribution is -2.29. The summed E-state index contributed by atoms with van der Waals surface area (Å²) in [5.74, 6) is -0.770. The Morgan fingerprint density at radius 2 is 2.11 bits per heavy atom. The second-order valence-electron chi connectivity index (χ2n) is 4.48. The number of esters is 1. The van der Waals surface area contributed by atoms with Crippen LogP contribution in [0.2, 0.25) is 0 Å². The van der Waals surface area contributed by atoms with Gasteiger partial charge in [-0.25, -0.2) is 4.79 Å². The molecule has 2 N–H and O–H groups in total. The highest BCUT2D eigenvalue weighted by Crippen LogP contribution is 2.27. The Bertz CT molecular complexity index is 509. The van der Waals surface area contributed by atoms with Gasteiger partial charge in [0.15, 0.2) is 11.9 Å². The molecular weight excluding hydrogens is 248 g/mol. The average Bonchev–Trinajstić information content (AvgIpc) is 2.78. The van der Waals surface area contributed by atoms with E-state index in [1.165, 1.54) is 0 Å². The van der Waals surface area contributed by atoms with Crippen LogP contribution in [0.3, 0.4) is 0 Å². The van der Waals surface area contributed by atoms with Crippen LogP contribution >= 0.6 is 0 Å². The fraction of sp³-hybridized carbons (Fsp3) is 0.429. The van der Waals surface area contributed by atoms with Crippen LogP contribution in [-0.4, -0.2) is 34.7 Å². The first kappa shape index (κ1) is 13.7. The number of benzene rings is 1. The minimum Gasteiger partial charge on any atom is -0.464 e. The van der Waals surface area contributed by atoms with E-state index in [-0.39, 0.29) is 12.4 Å². The number of Topliss-reactive ketones (excluding diaryl/α,β-unsaturated/α-hetero) is 1. The molecule has 0 radical (unpaired) electrons. The van der Waals surface area contributed by atoms with Crippen LogP contribution in [0.4, 0.5) is 0 Å². The summed E-state index contributed by atoms with van der Waals surface area (Å²) in [6, 6.07) is 4.84. The number of aliphatic hydroxyl groups is 2. The smallest absolute Gasteiger partial charge is 0.338 e. The van der Waals surface area contributed by atoms with Crippen LogP contribution in [0.1, 0.15) is 40.9 Å². The zero-order valence-electron chi connectivity index (χ0n) is 10.6. The van der Waals surface area contributed by atoms with E-state index in [4.69, 9.17) is 0 Å². The molecule has 19 heavy (non-hydrogen) atoms. The molecule has 1 aliphatic carbocycles. The largest absolute Gasteiger partial charge is 0.464 e. The lowest BCUT2D eigenvalue weighted by molar-refractivity contribution is -0.159. The van der Waals surface area contributed by atoms with Crippen molar-refractivity contribution >= 4 is 11.8 Å². The minimum absolute atomic E-state index is 0.0852. The van der Waals surface area contributed by atoms with Gasteiger partial charge in [0.05, 0.1) is 6.61 Å². The summed E-state index contributed by atoms with van der Waals surface area (Å²) >= 11 is 0. The molecule has 5 heteroatoms. The highest BCUT2D eigenvalue weighted by Gasteiger charge is 2.28. The number of aliphatic hydroxyl groups excluding tert-OH is 2. The van der Waals surface area contributed by atoms with Crippen LogP contribution in [0.15, 0.2) is 18.2 Å². The Labute approximate surface area is 110 Å². The average molecular weight is 264 g/mol. The van der Waals surface area contributed by atoms with Crippen LogP contribution in [0.25, 0.3) is 0 Å². The van der Waals surface area contributed by atoms with Gasteiger partial charge in [0.25, 0.3) is 0 Å². The van der Waals surface area contributed by atoms with E-state index in [1.807, 2.05) is 0 Å². The number of aryl methyl sites for hydroxylation is 1. The van der Waals surface area contributed by atoms with Gasteiger partial charge in [-0.15, -0.1) is 0 Å². The monoisotopic (exact) mass is 264 g/mol. The maximum atomic E-state index is 11.5. The van der Waals surface area contributed by atoms with Gasteiger partial charge >= 0.3 is 5.97 Å². The van der Waals surface area contributed by atoms with Gasteiger partial charge in [0.2, 0.25) is 0 Å². The van der Waals surface area contributed by atoms with Crippen LogP contribution in [0, 0.1) is 0 Å². The fourth-order valence-corrected chi connectivity index (χ4v) is 2.20. The number of ketones is 1. The lowest BCUT2D eigenvalue weighted by Gasteiger charge is -2.17. The van der Waals surface area contributed by atoms with Crippen molar-refractivity contribution in [3.8, 4) is 0 Å². The van der Waals surface area contributed by atoms with Crippen molar-refractivity contribution in [2.75, 3.05) is 6.61 Å². The standard InChI is InChI=1S/C14H16O5/c1-2-19-14(18)13(17)12(16)9-3-5-10-8(7-9)4-6-11(10)15/h3,5,7,12-13,16-17H,2,4,6H2,1H3. The van der Waals surface area contributed by atoms with E-state index in [0.717, 1.165) is 5.56 Å². The topological polar surface area (TPSA) is 83.8 Å². The van der Waals surface area contributed by atoms with E-state index in [0.29, 0.717) is 24.0 Å². The summed E-state index contributed by atoms with van der Waals surface area (Å²) in [5.41, 5.74) is 1.91. The zero-order valence-corrected chi connectivity index (χ0v) is 10.6. The second-order valence-corrected chi connectivity index (χ2v) is 4.48. The fourth-order valence-electron chi connectivity index (χ4n) is 2.20. The first-order valence-electron chi connectivity index (χ1n) is 6.23. The van der Waals surface area contributed by atoms with Crippen molar-refractivity contribution in [2.24, 2.45) is 0 Å². The molecule has 2 rings (SSSR count). The molecule has 0 saturated carbocycles. The van der Waals surface area contributed by atoms with E-state index in [2.05, 4.69) is 4.74 Å². The van der Waals surface area contributed by atoms with Crippen molar-refractivity contribution in [1.29, 1.82) is 0 Å². The van der Waals surface area contributed by atoms with Gasteiger partial charge < -0.3 is 14.9 Å². The van der Waals surface area contributed by atoms with Crippen LogP contribution < -0.4 is 0 Å². The lowest BCUT2D eigenvalue weighted by atomic mass is 9.99. The summed E-state index contributed by atoms with van der Waals surface area (Å²) in [6.45, 7) is 1.76. The van der Waals surface area contributed by atoms with Gasteiger partial charge in [0, 0.05) is 12.0 Å². The molecule has 1 aliphatic rings. The van der Waals surface area contributed by atoms with Gasteiger partial charge in [0.1, 0.15) is 6.10 Å². The highest BCUT2D eigenvalue weighted by molar-refractivity contribution is 6.00. The number of carbonyl (C=O) groups excluding carboxylic acids is 2. The van der Waals surface area contributed by atoms with Crippen molar-refractivity contribution in [1.82, 2.24) is 0 Å². The minimum atomic E-state index is -1.62. The van der Waals surface area contributed by atoms with E-state index in [1.54, 1.807) is 25.1 Å². The van der Waals surface area contributed by atoms with Gasteiger partial charge in [-0.1, -0.05) is 18.2 Å². The number of hydrogen-bond acceptors (Lipinski definition) is 5. The van der Waals surface area contributed by atoms with Gasteiger partial charge in [-0.05, 0) is 24.5 Å². The van der Waals surface area contributed by atoms with Gasteiger partial charge in [-0.3, -0.25) is 4.79 Å². The molecule has 0 aromatic heterocycles. The Balaban J connectivity index is 2.18. The summed E-state index contributed by atoms with van der Waals surface area (Å²) in [7, 11) is 0.